The van der Waals surface area contributed by atoms with Crippen molar-refractivity contribution in [2.75, 3.05) is 33.8 Å². The molecule has 1 amide bonds. The molecule has 0 aromatic rings. The Morgan fingerprint density at radius 2 is 1.94 bits per heavy atom. The summed E-state index contributed by atoms with van der Waals surface area (Å²) in [6.07, 6.45) is 4.89. The van der Waals surface area contributed by atoms with Crippen LogP contribution < -0.4 is 0 Å². The molecule has 1 rings (SSSR count). The van der Waals surface area contributed by atoms with Crippen LogP contribution in [0.2, 0.25) is 0 Å². The lowest BCUT2D eigenvalue weighted by molar-refractivity contribution is -0.134. The van der Waals surface area contributed by atoms with Crippen LogP contribution in [0.15, 0.2) is 0 Å². The third-order valence-corrected chi connectivity index (χ3v) is 3.84. The SMILES string of the molecule is CC1CCCCC1N(C)C(=O)CN(C)CCO. The standard InChI is InChI=1S/C13H26N2O2/c1-11-6-4-5-7-12(11)15(3)13(17)10-14(2)8-9-16/h11-12,16H,4-10H2,1-3H3. The summed E-state index contributed by atoms with van der Waals surface area (Å²) in [4.78, 5) is 15.9. The van der Waals surface area contributed by atoms with E-state index in [2.05, 4.69) is 6.92 Å². The molecule has 0 bridgehead atoms. The lowest BCUT2D eigenvalue weighted by Gasteiger charge is -2.37. The van der Waals surface area contributed by atoms with E-state index in [9.17, 15) is 4.79 Å². The van der Waals surface area contributed by atoms with Gasteiger partial charge in [-0.15, -0.1) is 0 Å². The number of aliphatic hydroxyl groups is 1. The van der Waals surface area contributed by atoms with Gasteiger partial charge in [0.1, 0.15) is 0 Å². The van der Waals surface area contributed by atoms with E-state index in [1.165, 1.54) is 19.3 Å². The highest BCUT2D eigenvalue weighted by molar-refractivity contribution is 5.78. The van der Waals surface area contributed by atoms with Gasteiger partial charge >= 0.3 is 0 Å². The first-order valence-electron chi connectivity index (χ1n) is 6.61. The van der Waals surface area contributed by atoms with Crippen LogP contribution in [0.1, 0.15) is 32.6 Å². The normalized spacial score (nSPS) is 25.0. The smallest absolute Gasteiger partial charge is 0.236 e. The number of hydrogen-bond donors (Lipinski definition) is 1. The number of likely N-dealkylation sites (N-methyl/N-ethyl adjacent to an activating group) is 2. The summed E-state index contributed by atoms with van der Waals surface area (Å²) < 4.78 is 0. The highest BCUT2D eigenvalue weighted by atomic mass is 16.3. The van der Waals surface area contributed by atoms with Crippen molar-refractivity contribution in [2.24, 2.45) is 5.92 Å². The number of nitrogens with zero attached hydrogens (tertiary/aromatic N) is 2. The Kier molecular flexibility index (Phi) is 5.92. The van der Waals surface area contributed by atoms with Crippen molar-refractivity contribution in [2.45, 2.75) is 38.6 Å². The Bertz CT molecular complexity index is 246. The topological polar surface area (TPSA) is 43.8 Å². The molecule has 1 fully saturated rings. The van der Waals surface area contributed by atoms with Crippen molar-refractivity contribution < 1.29 is 9.90 Å². The first kappa shape index (κ1) is 14.5. The van der Waals surface area contributed by atoms with Crippen LogP contribution in [0.25, 0.3) is 0 Å². The van der Waals surface area contributed by atoms with E-state index in [-0.39, 0.29) is 12.5 Å². The van der Waals surface area contributed by atoms with E-state index in [0.717, 1.165) is 6.42 Å². The summed E-state index contributed by atoms with van der Waals surface area (Å²) >= 11 is 0. The molecule has 1 aliphatic carbocycles. The number of carbonyl (C=O) groups is 1. The minimum atomic E-state index is 0.104. The molecule has 0 spiro atoms. The van der Waals surface area contributed by atoms with E-state index >= 15 is 0 Å². The predicted octanol–water partition coefficient (Wildman–Crippen LogP) is 0.948. The van der Waals surface area contributed by atoms with Crippen LogP contribution >= 0.6 is 0 Å². The average Bonchev–Trinajstić information content (AvgIpc) is 2.29. The third-order valence-electron chi connectivity index (χ3n) is 3.84. The van der Waals surface area contributed by atoms with Crippen LogP contribution in [0.5, 0.6) is 0 Å². The van der Waals surface area contributed by atoms with Crippen LogP contribution in [-0.2, 0) is 4.79 Å². The van der Waals surface area contributed by atoms with E-state index in [1.54, 1.807) is 0 Å². The van der Waals surface area contributed by atoms with Crippen LogP contribution in [0.3, 0.4) is 0 Å². The summed E-state index contributed by atoms with van der Waals surface area (Å²) in [5.74, 6) is 0.778. The Morgan fingerprint density at radius 3 is 2.53 bits per heavy atom. The predicted molar refractivity (Wildman–Crippen MR) is 68.8 cm³/mol. The highest BCUT2D eigenvalue weighted by Gasteiger charge is 2.27. The minimum absolute atomic E-state index is 0.104. The molecule has 4 nitrogen and oxygen atoms in total. The summed E-state index contributed by atoms with van der Waals surface area (Å²) in [5, 5.41) is 8.81. The molecule has 0 aromatic heterocycles. The van der Waals surface area contributed by atoms with Crippen molar-refractivity contribution in [1.82, 2.24) is 9.80 Å². The van der Waals surface area contributed by atoms with Gasteiger partial charge in [-0.2, -0.15) is 0 Å². The molecule has 100 valence electrons. The molecule has 0 aliphatic heterocycles. The molecule has 0 aromatic carbocycles. The number of amides is 1. The van der Waals surface area contributed by atoms with Crippen LogP contribution in [0, 0.1) is 5.92 Å². The maximum atomic E-state index is 12.1. The van der Waals surface area contributed by atoms with Crippen LogP contribution in [0.4, 0.5) is 0 Å². The molecular weight excluding hydrogens is 216 g/mol. The maximum absolute atomic E-state index is 12.1. The summed E-state index contributed by atoms with van der Waals surface area (Å²) in [7, 11) is 3.79. The maximum Gasteiger partial charge on any atom is 0.236 e. The molecule has 2 atom stereocenters. The molecule has 2 unspecified atom stereocenters. The van der Waals surface area contributed by atoms with E-state index in [1.807, 2.05) is 23.9 Å². The van der Waals surface area contributed by atoms with Gasteiger partial charge in [-0.1, -0.05) is 19.8 Å². The fourth-order valence-electron chi connectivity index (χ4n) is 2.65. The minimum Gasteiger partial charge on any atom is -0.395 e. The molecule has 0 saturated heterocycles. The number of hydrogen-bond acceptors (Lipinski definition) is 3. The van der Waals surface area contributed by atoms with Crippen molar-refractivity contribution in [3.63, 3.8) is 0 Å². The van der Waals surface area contributed by atoms with E-state index in [0.29, 0.717) is 25.0 Å². The van der Waals surface area contributed by atoms with E-state index in [4.69, 9.17) is 5.11 Å². The highest BCUT2D eigenvalue weighted by Crippen LogP contribution is 2.27. The number of aliphatic hydroxyl groups excluding tert-OH is 1. The van der Waals surface area contributed by atoms with Crippen molar-refractivity contribution in [3.8, 4) is 0 Å². The van der Waals surface area contributed by atoms with Crippen LogP contribution in [-0.4, -0.2) is 60.6 Å². The van der Waals surface area contributed by atoms with Gasteiger partial charge in [-0.25, -0.2) is 0 Å². The van der Waals surface area contributed by atoms with Gasteiger partial charge in [0.25, 0.3) is 0 Å². The van der Waals surface area contributed by atoms with Gasteiger partial charge < -0.3 is 10.0 Å². The Balaban J connectivity index is 2.44. The monoisotopic (exact) mass is 242 g/mol. The molecule has 4 heteroatoms. The average molecular weight is 242 g/mol. The molecule has 0 radical (unpaired) electrons. The summed E-state index contributed by atoms with van der Waals surface area (Å²) in [6, 6.07) is 0.402. The van der Waals surface area contributed by atoms with Gasteiger partial charge in [0.2, 0.25) is 5.91 Å². The van der Waals surface area contributed by atoms with Crippen molar-refractivity contribution in [1.29, 1.82) is 0 Å². The molecule has 17 heavy (non-hydrogen) atoms. The molecular formula is C13H26N2O2. The molecule has 1 saturated carbocycles. The fourth-order valence-corrected chi connectivity index (χ4v) is 2.65. The molecule has 1 aliphatic rings. The van der Waals surface area contributed by atoms with E-state index < -0.39 is 0 Å². The largest absolute Gasteiger partial charge is 0.395 e. The fraction of sp³-hybridized carbons (Fsp3) is 0.923. The number of carbonyl (C=O) groups excluding carboxylic acids is 1. The second-order valence-corrected chi connectivity index (χ2v) is 5.30. The molecule has 0 heterocycles. The zero-order chi connectivity index (χ0) is 12.8. The molecule has 1 N–H and O–H groups in total. The van der Waals surface area contributed by atoms with Gasteiger partial charge in [0, 0.05) is 19.6 Å². The zero-order valence-electron chi connectivity index (χ0n) is 11.4. The summed E-state index contributed by atoms with van der Waals surface area (Å²) in [6.45, 7) is 3.30. The third kappa shape index (κ3) is 4.28. The quantitative estimate of drug-likeness (QED) is 0.780. The summed E-state index contributed by atoms with van der Waals surface area (Å²) in [5.41, 5.74) is 0. The Labute approximate surface area is 105 Å². The Hall–Kier alpha value is -0.610. The lowest BCUT2D eigenvalue weighted by atomic mass is 9.85. The van der Waals surface area contributed by atoms with Crippen molar-refractivity contribution in [3.05, 3.63) is 0 Å². The van der Waals surface area contributed by atoms with Gasteiger partial charge in [-0.05, 0) is 25.8 Å². The van der Waals surface area contributed by atoms with Gasteiger partial charge in [0.05, 0.1) is 13.2 Å². The number of rotatable bonds is 5. The van der Waals surface area contributed by atoms with Gasteiger partial charge in [-0.3, -0.25) is 9.69 Å². The first-order chi connectivity index (χ1) is 8.06. The zero-order valence-corrected chi connectivity index (χ0v) is 11.4. The van der Waals surface area contributed by atoms with Gasteiger partial charge in [0.15, 0.2) is 0 Å². The second-order valence-electron chi connectivity index (χ2n) is 5.30. The Morgan fingerprint density at radius 1 is 1.29 bits per heavy atom. The second kappa shape index (κ2) is 6.97. The first-order valence-corrected chi connectivity index (χ1v) is 6.61. The lowest BCUT2D eigenvalue weighted by Crippen LogP contribution is -2.46. The van der Waals surface area contributed by atoms with Crippen molar-refractivity contribution >= 4 is 5.91 Å².